The quantitative estimate of drug-likeness (QED) is 0.543. The lowest BCUT2D eigenvalue weighted by Gasteiger charge is -2.16. The summed E-state index contributed by atoms with van der Waals surface area (Å²) in [6, 6.07) is 7.58. The second kappa shape index (κ2) is 8.76. The van der Waals surface area contributed by atoms with Crippen LogP contribution >= 0.6 is 0 Å². The third kappa shape index (κ3) is 5.60. The number of anilines is 3. The topological polar surface area (TPSA) is 96.5 Å². The first-order valence-corrected chi connectivity index (χ1v) is 11.4. The van der Waals surface area contributed by atoms with Crippen LogP contribution in [0.5, 0.6) is 5.75 Å². The minimum absolute atomic E-state index is 0.181. The Morgan fingerprint density at radius 1 is 1.26 bits per heavy atom. The number of aromatic nitrogens is 2. The van der Waals surface area contributed by atoms with Crippen molar-refractivity contribution in [1.29, 1.82) is 0 Å². The van der Waals surface area contributed by atoms with Gasteiger partial charge in [0.25, 0.3) is 5.91 Å². The van der Waals surface area contributed by atoms with E-state index in [2.05, 4.69) is 25.9 Å². The molecule has 2 aromatic carbocycles. The molecule has 2 N–H and O–H groups in total. The number of halogens is 1. The van der Waals surface area contributed by atoms with E-state index in [0.29, 0.717) is 22.7 Å². The molecule has 10 heteroatoms. The molecule has 0 bridgehead atoms. The molecule has 0 spiro atoms. The third-order valence-corrected chi connectivity index (χ3v) is 4.98. The predicted octanol–water partition coefficient (Wildman–Crippen LogP) is 2.96. The molecule has 1 heterocycles. The molecular formula is C21H24FN5O3S. The summed E-state index contributed by atoms with van der Waals surface area (Å²) < 4.78 is 34.2. The van der Waals surface area contributed by atoms with Crippen molar-refractivity contribution in [2.75, 3.05) is 37.0 Å². The molecule has 1 unspecified atom stereocenters. The lowest BCUT2D eigenvalue weighted by atomic mass is 10.1. The molecule has 3 aromatic rings. The highest BCUT2D eigenvalue weighted by Crippen LogP contribution is 2.33. The standard InChI is InChI=1S/C21H24FN5O3S/c1-13-8-15(26-31(4,5)29)10-17-20(13)21(24-12-23-17)25-16-7-6-14(22)9-18(16)30-11-19(28)27(2)3/h6-10,12H,4,11H2,1-3,5H3,(H,26,29)(H,23,24,25). The van der Waals surface area contributed by atoms with Crippen molar-refractivity contribution in [3.8, 4) is 5.75 Å². The molecule has 3 rings (SSSR count). The van der Waals surface area contributed by atoms with E-state index in [4.69, 9.17) is 4.74 Å². The molecular weight excluding hydrogens is 421 g/mol. The van der Waals surface area contributed by atoms with Crippen LogP contribution in [0.1, 0.15) is 5.56 Å². The highest BCUT2D eigenvalue weighted by molar-refractivity contribution is 8.00. The number of nitrogens with one attached hydrogen (secondary N) is 2. The Morgan fingerprint density at radius 3 is 2.68 bits per heavy atom. The van der Waals surface area contributed by atoms with Gasteiger partial charge in [-0.2, -0.15) is 0 Å². The Labute approximate surface area is 180 Å². The Balaban J connectivity index is 1.97. The van der Waals surface area contributed by atoms with Crippen LogP contribution in [-0.4, -0.2) is 57.8 Å². The van der Waals surface area contributed by atoms with Crippen LogP contribution in [0, 0.1) is 12.7 Å². The Bertz CT molecular complexity index is 1250. The number of nitrogens with zero attached hydrogens (tertiary/aromatic N) is 3. The van der Waals surface area contributed by atoms with Crippen LogP contribution < -0.4 is 14.8 Å². The van der Waals surface area contributed by atoms with Crippen molar-refractivity contribution in [3.05, 3.63) is 48.0 Å². The zero-order chi connectivity index (χ0) is 22.8. The second-order valence-electron chi connectivity index (χ2n) is 7.36. The summed E-state index contributed by atoms with van der Waals surface area (Å²) in [5, 5.41) is 3.88. The minimum atomic E-state index is -2.44. The lowest BCUT2D eigenvalue weighted by Crippen LogP contribution is -2.27. The first kappa shape index (κ1) is 22.3. The Hall–Kier alpha value is -3.40. The average Bonchev–Trinajstić information content (AvgIpc) is 2.66. The van der Waals surface area contributed by atoms with Crippen molar-refractivity contribution in [2.24, 2.45) is 0 Å². The number of amides is 1. The summed E-state index contributed by atoms with van der Waals surface area (Å²) in [7, 11) is 0.781. The van der Waals surface area contributed by atoms with E-state index in [1.165, 1.54) is 35.7 Å². The van der Waals surface area contributed by atoms with Crippen LogP contribution in [0.3, 0.4) is 0 Å². The molecule has 0 saturated carbocycles. The predicted molar refractivity (Wildman–Crippen MR) is 123 cm³/mol. The van der Waals surface area contributed by atoms with Crippen LogP contribution in [0.2, 0.25) is 0 Å². The molecule has 1 atom stereocenters. The number of hydrogen-bond acceptors (Lipinski definition) is 6. The number of carbonyl (C=O) groups excluding carboxylic acids is 1. The third-order valence-electron chi connectivity index (χ3n) is 4.32. The van der Waals surface area contributed by atoms with Gasteiger partial charge in [0.05, 0.1) is 11.2 Å². The molecule has 0 aliphatic rings. The number of hydrogen-bond donors (Lipinski definition) is 2. The first-order valence-electron chi connectivity index (χ1n) is 9.28. The van der Waals surface area contributed by atoms with Gasteiger partial charge in [0, 0.05) is 47.2 Å². The molecule has 1 aromatic heterocycles. The zero-order valence-corrected chi connectivity index (χ0v) is 18.5. The van der Waals surface area contributed by atoms with Gasteiger partial charge in [-0.15, -0.1) is 0 Å². The SMILES string of the molecule is C=S(C)(=O)Nc1cc(C)c2c(Nc3ccc(F)cc3OCC(=O)N(C)C)ncnc2c1. The minimum Gasteiger partial charge on any atom is -0.481 e. The fourth-order valence-corrected chi connectivity index (χ4v) is 3.53. The maximum absolute atomic E-state index is 13.8. The van der Waals surface area contributed by atoms with Crippen molar-refractivity contribution in [1.82, 2.24) is 14.9 Å². The van der Waals surface area contributed by atoms with Crippen LogP contribution in [-0.2, 0) is 14.5 Å². The molecule has 0 aliphatic carbocycles. The van der Waals surface area contributed by atoms with E-state index >= 15 is 0 Å². The normalized spacial score (nSPS) is 12.8. The lowest BCUT2D eigenvalue weighted by molar-refractivity contribution is -0.130. The number of benzene rings is 2. The smallest absolute Gasteiger partial charge is 0.259 e. The van der Waals surface area contributed by atoms with Crippen molar-refractivity contribution < 1.29 is 18.1 Å². The first-order chi connectivity index (χ1) is 14.5. The van der Waals surface area contributed by atoms with Gasteiger partial charge in [0.1, 0.15) is 23.7 Å². The van der Waals surface area contributed by atoms with Gasteiger partial charge >= 0.3 is 0 Å². The maximum atomic E-state index is 13.8. The fourth-order valence-electron chi connectivity index (χ4n) is 2.91. The van der Waals surface area contributed by atoms with Gasteiger partial charge in [0.15, 0.2) is 6.61 Å². The largest absolute Gasteiger partial charge is 0.481 e. The Morgan fingerprint density at radius 2 is 2.00 bits per heavy atom. The summed E-state index contributed by atoms with van der Waals surface area (Å²) in [6.07, 6.45) is 2.90. The number of likely N-dealkylation sites (N-methyl/N-ethyl adjacent to an activating group) is 1. The van der Waals surface area contributed by atoms with E-state index in [0.717, 1.165) is 10.9 Å². The van der Waals surface area contributed by atoms with Crippen molar-refractivity contribution >= 4 is 49.6 Å². The molecule has 8 nitrogen and oxygen atoms in total. The number of carbonyl (C=O) groups is 1. The molecule has 1 amide bonds. The average molecular weight is 446 g/mol. The summed E-state index contributed by atoms with van der Waals surface area (Å²) in [5.74, 6) is 3.52. The van der Waals surface area contributed by atoms with E-state index in [1.54, 1.807) is 20.2 Å². The monoisotopic (exact) mass is 445 g/mol. The summed E-state index contributed by atoms with van der Waals surface area (Å²) in [6.45, 7) is 1.64. The highest BCUT2D eigenvalue weighted by atomic mass is 32.2. The number of fused-ring (bicyclic) bond motifs is 1. The second-order valence-corrected chi connectivity index (χ2v) is 9.57. The molecule has 31 heavy (non-hydrogen) atoms. The van der Waals surface area contributed by atoms with Crippen molar-refractivity contribution in [3.63, 3.8) is 0 Å². The van der Waals surface area contributed by atoms with Crippen molar-refractivity contribution in [2.45, 2.75) is 6.92 Å². The van der Waals surface area contributed by atoms with Crippen LogP contribution in [0.15, 0.2) is 36.7 Å². The van der Waals surface area contributed by atoms with E-state index in [9.17, 15) is 13.4 Å². The van der Waals surface area contributed by atoms with Gasteiger partial charge in [-0.3, -0.25) is 4.79 Å². The molecule has 0 fully saturated rings. The molecule has 0 aliphatic heterocycles. The van der Waals surface area contributed by atoms with Gasteiger partial charge in [0.2, 0.25) is 0 Å². The number of ether oxygens (including phenoxy) is 1. The summed E-state index contributed by atoms with van der Waals surface area (Å²) in [4.78, 5) is 21.9. The summed E-state index contributed by atoms with van der Waals surface area (Å²) in [5.41, 5.74) is 2.53. The number of aryl methyl sites for hydroxylation is 1. The van der Waals surface area contributed by atoms with Gasteiger partial charge in [-0.1, -0.05) is 0 Å². The fraction of sp³-hybridized carbons (Fsp3) is 0.238. The van der Waals surface area contributed by atoms with Crippen LogP contribution in [0.25, 0.3) is 10.9 Å². The summed E-state index contributed by atoms with van der Waals surface area (Å²) >= 11 is 0. The molecule has 0 radical (unpaired) electrons. The number of rotatable bonds is 7. The van der Waals surface area contributed by atoms with E-state index in [1.807, 2.05) is 13.0 Å². The maximum Gasteiger partial charge on any atom is 0.259 e. The molecule has 164 valence electrons. The van der Waals surface area contributed by atoms with E-state index in [-0.39, 0.29) is 18.3 Å². The van der Waals surface area contributed by atoms with Crippen LogP contribution in [0.4, 0.5) is 21.6 Å². The Kier molecular flexibility index (Phi) is 6.30. The molecule has 0 saturated heterocycles. The van der Waals surface area contributed by atoms with Gasteiger partial charge in [-0.25, -0.2) is 18.6 Å². The van der Waals surface area contributed by atoms with Gasteiger partial charge in [-0.05, 0) is 42.6 Å². The van der Waals surface area contributed by atoms with E-state index < -0.39 is 15.5 Å². The highest BCUT2D eigenvalue weighted by Gasteiger charge is 2.14. The van der Waals surface area contributed by atoms with Gasteiger partial charge < -0.3 is 19.7 Å². The zero-order valence-electron chi connectivity index (χ0n) is 17.7.